The molecule has 0 amide bonds. The lowest BCUT2D eigenvalue weighted by Gasteiger charge is -2.09. The molecule has 2 aromatic heterocycles. The zero-order chi connectivity index (χ0) is 14.1. The zero-order valence-corrected chi connectivity index (χ0v) is 11.0. The van der Waals surface area contributed by atoms with E-state index in [0.29, 0.717) is 28.6 Å². The number of fused-ring (bicyclic) bond motifs is 1. The molecule has 0 aliphatic rings. The third-order valence-electron chi connectivity index (χ3n) is 3.32. The highest BCUT2D eigenvalue weighted by Gasteiger charge is 2.14. The lowest BCUT2D eigenvalue weighted by molar-refractivity contribution is 0.629. The van der Waals surface area contributed by atoms with Gasteiger partial charge >= 0.3 is 0 Å². The molecule has 100 valence electrons. The fourth-order valence-electron chi connectivity index (χ4n) is 2.36. The molecular weight excluding hydrogens is 255 g/mol. The van der Waals surface area contributed by atoms with E-state index in [1.54, 1.807) is 24.4 Å². The van der Waals surface area contributed by atoms with Crippen molar-refractivity contribution in [1.82, 2.24) is 9.97 Å². The van der Waals surface area contributed by atoms with Crippen LogP contribution in [0.4, 0.5) is 4.39 Å². The molecule has 0 aliphatic carbocycles. The van der Waals surface area contributed by atoms with Gasteiger partial charge in [-0.15, -0.1) is 0 Å². The van der Waals surface area contributed by atoms with Gasteiger partial charge in [0.15, 0.2) is 5.43 Å². The van der Waals surface area contributed by atoms with E-state index in [0.717, 1.165) is 5.69 Å². The van der Waals surface area contributed by atoms with E-state index in [9.17, 15) is 9.18 Å². The number of nitrogens with zero attached hydrogens (tertiary/aromatic N) is 1. The van der Waals surface area contributed by atoms with Gasteiger partial charge in [-0.1, -0.05) is 13.0 Å². The van der Waals surface area contributed by atoms with Gasteiger partial charge in [0.25, 0.3) is 0 Å². The van der Waals surface area contributed by atoms with Crippen LogP contribution in [-0.4, -0.2) is 9.97 Å². The molecule has 4 heteroatoms. The average molecular weight is 268 g/mol. The molecule has 0 aliphatic heterocycles. The molecule has 0 bridgehead atoms. The monoisotopic (exact) mass is 268 g/mol. The van der Waals surface area contributed by atoms with Crippen LogP contribution in [-0.2, 0) is 6.42 Å². The minimum atomic E-state index is -0.417. The van der Waals surface area contributed by atoms with Crippen LogP contribution >= 0.6 is 0 Å². The number of aromatic nitrogens is 2. The number of benzene rings is 1. The van der Waals surface area contributed by atoms with Crippen molar-refractivity contribution in [3.8, 4) is 11.3 Å². The summed E-state index contributed by atoms with van der Waals surface area (Å²) in [5.74, 6) is -0.417. The summed E-state index contributed by atoms with van der Waals surface area (Å²) in [4.78, 5) is 20.1. The predicted octanol–water partition coefficient (Wildman–Crippen LogP) is 3.29. The van der Waals surface area contributed by atoms with Gasteiger partial charge in [-0.05, 0) is 36.8 Å². The van der Waals surface area contributed by atoms with Crippen molar-refractivity contribution >= 4 is 10.9 Å². The summed E-state index contributed by atoms with van der Waals surface area (Å²) in [5.41, 5.74) is 2.40. The van der Waals surface area contributed by atoms with Gasteiger partial charge in [0.2, 0.25) is 0 Å². The lowest BCUT2D eigenvalue weighted by Crippen LogP contribution is -2.12. The molecule has 1 aromatic carbocycles. The van der Waals surface area contributed by atoms with Crippen LogP contribution in [0.2, 0.25) is 0 Å². The topological polar surface area (TPSA) is 45.8 Å². The average Bonchev–Trinajstić information content (AvgIpc) is 2.48. The molecule has 3 rings (SSSR count). The number of halogens is 1. The van der Waals surface area contributed by atoms with Crippen LogP contribution in [0.1, 0.15) is 12.6 Å². The summed E-state index contributed by atoms with van der Waals surface area (Å²) in [6.07, 6.45) is 2.32. The maximum Gasteiger partial charge on any atom is 0.199 e. The first kappa shape index (κ1) is 12.5. The van der Waals surface area contributed by atoms with Crippen molar-refractivity contribution in [1.29, 1.82) is 0 Å². The van der Waals surface area contributed by atoms with Gasteiger partial charge in [0.1, 0.15) is 5.82 Å². The van der Waals surface area contributed by atoms with E-state index in [2.05, 4.69) is 9.97 Å². The van der Waals surface area contributed by atoms with Crippen molar-refractivity contribution in [3.05, 3.63) is 64.3 Å². The third kappa shape index (κ3) is 1.99. The number of H-pyrrole nitrogens is 1. The van der Waals surface area contributed by atoms with Crippen molar-refractivity contribution in [3.63, 3.8) is 0 Å². The maximum atomic E-state index is 13.4. The van der Waals surface area contributed by atoms with Crippen LogP contribution in [0.5, 0.6) is 0 Å². The van der Waals surface area contributed by atoms with Gasteiger partial charge in [-0.25, -0.2) is 4.39 Å². The highest BCUT2D eigenvalue weighted by molar-refractivity contribution is 5.84. The van der Waals surface area contributed by atoms with Crippen LogP contribution in [0, 0.1) is 5.82 Å². The summed E-state index contributed by atoms with van der Waals surface area (Å²) < 4.78 is 13.4. The Morgan fingerprint density at radius 2 is 2.10 bits per heavy atom. The molecule has 3 nitrogen and oxygen atoms in total. The number of hydrogen-bond acceptors (Lipinski definition) is 2. The summed E-state index contributed by atoms with van der Waals surface area (Å²) in [7, 11) is 0. The molecule has 1 N–H and O–H groups in total. The largest absolute Gasteiger partial charge is 0.358 e. The Bertz CT molecular complexity index is 825. The van der Waals surface area contributed by atoms with Gasteiger partial charge < -0.3 is 4.98 Å². The summed E-state index contributed by atoms with van der Waals surface area (Å²) in [5, 5.41) is 0.350. The van der Waals surface area contributed by atoms with Crippen LogP contribution in [0.3, 0.4) is 0 Å². The summed E-state index contributed by atoms with van der Waals surface area (Å²) >= 11 is 0. The molecule has 0 atom stereocenters. The molecule has 2 heterocycles. The molecule has 20 heavy (non-hydrogen) atoms. The number of aryl methyl sites for hydroxylation is 1. The molecule has 0 saturated carbocycles. The van der Waals surface area contributed by atoms with E-state index < -0.39 is 5.82 Å². The lowest BCUT2D eigenvalue weighted by atomic mass is 10.0. The first-order chi connectivity index (χ1) is 9.70. The Morgan fingerprint density at radius 3 is 2.80 bits per heavy atom. The second-order valence-corrected chi connectivity index (χ2v) is 4.57. The maximum absolute atomic E-state index is 13.4. The first-order valence-electron chi connectivity index (χ1n) is 6.46. The Hall–Kier alpha value is -2.49. The van der Waals surface area contributed by atoms with Gasteiger partial charge in [0, 0.05) is 22.8 Å². The van der Waals surface area contributed by atoms with E-state index in [1.165, 1.54) is 12.1 Å². The van der Waals surface area contributed by atoms with Crippen LogP contribution < -0.4 is 5.43 Å². The van der Waals surface area contributed by atoms with E-state index in [1.807, 2.05) is 13.0 Å². The molecule has 3 aromatic rings. The summed E-state index contributed by atoms with van der Waals surface area (Å²) in [6, 6.07) is 9.61. The van der Waals surface area contributed by atoms with Crippen molar-refractivity contribution in [2.24, 2.45) is 0 Å². The standard InChI is InChI=1S/C16H13FN2O/c1-2-12-15(14-5-3-4-8-18-14)16(20)11-9-10(17)6-7-13(11)19-12/h3-9H,2H2,1H3,(H,19,20). The fourth-order valence-corrected chi connectivity index (χ4v) is 2.36. The fraction of sp³-hybridized carbons (Fsp3) is 0.125. The summed E-state index contributed by atoms with van der Waals surface area (Å²) in [6.45, 7) is 1.97. The first-order valence-corrected chi connectivity index (χ1v) is 6.46. The smallest absolute Gasteiger partial charge is 0.199 e. The molecular formula is C16H13FN2O. The zero-order valence-electron chi connectivity index (χ0n) is 11.0. The number of rotatable bonds is 2. The third-order valence-corrected chi connectivity index (χ3v) is 3.32. The number of hydrogen-bond donors (Lipinski definition) is 1. The highest BCUT2D eigenvalue weighted by atomic mass is 19.1. The minimum absolute atomic E-state index is 0.186. The molecule has 0 saturated heterocycles. The molecule has 0 unspecified atom stereocenters. The van der Waals surface area contributed by atoms with E-state index >= 15 is 0 Å². The van der Waals surface area contributed by atoms with Crippen LogP contribution in [0.25, 0.3) is 22.2 Å². The number of aromatic amines is 1. The van der Waals surface area contributed by atoms with Crippen LogP contribution in [0.15, 0.2) is 47.4 Å². The van der Waals surface area contributed by atoms with E-state index in [-0.39, 0.29) is 5.43 Å². The Morgan fingerprint density at radius 1 is 1.25 bits per heavy atom. The molecule has 0 radical (unpaired) electrons. The number of nitrogens with one attached hydrogen (secondary N) is 1. The predicted molar refractivity (Wildman–Crippen MR) is 77.1 cm³/mol. The Kier molecular flexibility index (Phi) is 3.06. The highest BCUT2D eigenvalue weighted by Crippen LogP contribution is 2.21. The molecule has 0 spiro atoms. The molecule has 0 fully saturated rings. The van der Waals surface area contributed by atoms with Crippen molar-refractivity contribution in [2.45, 2.75) is 13.3 Å². The van der Waals surface area contributed by atoms with Crippen molar-refractivity contribution in [2.75, 3.05) is 0 Å². The normalized spacial score (nSPS) is 10.9. The Labute approximate surface area is 115 Å². The van der Waals surface area contributed by atoms with Gasteiger partial charge in [-0.3, -0.25) is 9.78 Å². The second kappa shape index (κ2) is 4.89. The quantitative estimate of drug-likeness (QED) is 0.775. The van der Waals surface area contributed by atoms with Crippen molar-refractivity contribution < 1.29 is 4.39 Å². The number of pyridine rings is 2. The van der Waals surface area contributed by atoms with Gasteiger partial charge in [0.05, 0.1) is 11.3 Å². The second-order valence-electron chi connectivity index (χ2n) is 4.57. The van der Waals surface area contributed by atoms with E-state index in [4.69, 9.17) is 0 Å². The minimum Gasteiger partial charge on any atom is -0.358 e. The Balaban J connectivity index is 2.41. The SMILES string of the molecule is CCc1[nH]c2ccc(F)cc2c(=O)c1-c1ccccn1. The van der Waals surface area contributed by atoms with Gasteiger partial charge in [-0.2, -0.15) is 0 Å².